The summed E-state index contributed by atoms with van der Waals surface area (Å²) in [6, 6.07) is 0. The Bertz CT molecular complexity index is 236. The topological polar surface area (TPSA) is 64.6 Å². The molecule has 1 amide bonds. The fourth-order valence-corrected chi connectivity index (χ4v) is 1.69. The van der Waals surface area contributed by atoms with Crippen molar-refractivity contribution in [2.24, 2.45) is 5.92 Å². The summed E-state index contributed by atoms with van der Waals surface area (Å²) in [5.41, 5.74) is 0. The predicted molar refractivity (Wildman–Crippen MR) is 57.8 cm³/mol. The number of carbonyl (C=O) groups is 2. The third-order valence-corrected chi connectivity index (χ3v) is 2.64. The van der Waals surface area contributed by atoms with Crippen molar-refractivity contribution in [1.29, 1.82) is 0 Å². The highest BCUT2D eigenvalue weighted by Gasteiger charge is 2.16. The van der Waals surface area contributed by atoms with Gasteiger partial charge in [0.25, 0.3) is 0 Å². The van der Waals surface area contributed by atoms with E-state index in [0.29, 0.717) is 12.5 Å². The minimum absolute atomic E-state index is 0.228. The smallest absolute Gasteiger partial charge is 0.396 e. The molecule has 1 heterocycles. The van der Waals surface area contributed by atoms with E-state index in [1.807, 2.05) is 0 Å². The number of esters is 1. The molecular formula is C11H19NO4. The number of nitrogens with one attached hydrogen (secondary N) is 1. The van der Waals surface area contributed by atoms with Crippen LogP contribution in [0.1, 0.15) is 26.2 Å². The number of rotatable bonds is 4. The summed E-state index contributed by atoms with van der Waals surface area (Å²) in [5.74, 6) is -0.848. The van der Waals surface area contributed by atoms with Crippen LogP contribution in [-0.4, -0.2) is 38.2 Å². The average Bonchev–Trinajstić information content (AvgIpc) is 2.30. The quantitative estimate of drug-likeness (QED) is 0.562. The lowest BCUT2D eigenvalue weighted by Crippen LogP contribution is -2.34. The molecule has 16 heavy (non-hydrogen) atoms. The van der Waals surface area contributed by atoms with Gasteiger partial charge in [0.2, 0.25) is 0 Å². The Morgan fingerprint density at radius 2 is 2.06 bits per heavy atom. The monoisotopic (exact) mass is 229 g/mol. The van der Waals surface area contributed by atoms with Gasteiger partial charge < -0.3 is 14.8 Å². The average molecular weight is 229 g/mol. The molecule has 0 spiro atoms. The van der Waals surface area contributed by atoms with Crippen LogP contribution in [0.15, 0.2) is 0 Å². The molecule has 1 N–H and O–H groups in total. The fraction of sp³-hybridized carbons (Fsp3) is 0.818. The Morgan fingerprint density at radius 3 is 2.69 bits per heavy atom. The van der Waals surface area contributed by atoms with Crippen molar-refractivity contribution in [1.82, 2.24) is 5.32 Å². The molecule has 0 unspecified atom stereocenters. The van der Waals surface area contributed by atoms with Crippen molar-refractivity contribution in [2.45, 2.75) is 26.2 Å². The van der Waals surface area contributed by atoms with Crippen molar-refractivity contribution >= 4 is 11.9 Å². The number of hydrogen-bond donors (Lipinski definition) is 1. The molecule has 0 saturated carbocycles. The van der Waals surface area contributed by atoms with Crippen LogP contribution in [0.25, 0.3) is 0 Å². The van der Waals surface area contributed by atoms with Crippen molar-refractivity contribution in [2.75, 3.05) is 26.4 Å². The van der Waals surface area contributed by atoms with E-state index in [1.54, 1.807) is 6.92 Å². The van der Waals surface area contributed by atoms with Gasteiger partial charge in [-0.2, -0.15) is 0 Å². The van der Waals surface area contributed by atoms with Crippen LogP contribution in [0.3, 0.4) is 0 Å². The molecule has 0 radical (unpaired) electrons. The maximum Gasteiger partial charge on any atom is 0.396 e. The lowest BCUT2D eigenvalue weighted by Gasteiger charge is -2.21. The summed E-state index contributed by atoms with van der Waals surface area (Å²) in [4.78, 5) is 22.1. The maximum absolute atomic E-state index is 11.2. The van der Waals surface area contributed by atoms with E-state index in [0.717, 1.165) is 32.5 Å². The van der Waals surface area contributed by atoms with Crippen molar-refractivity contribution in [3.63, 3.8) is 0 Å². The second-order valence-electron chi connectivity index (χ2n) is 3.82. The van der Waals surface area contributed by atoms with E-state index in [9.17, 15) is 9.59 Å². The highest BCUT2D eigenvalue weighted by atomic mass is 16.5. The molecule has 0 aromatic heterocycles. The van der Waals surface area contributed by atoms with E-state index < -0.39 is 11.9 Å². The minimum atomic E-state index is -0.797. The SMILES string of the molecule is CCOC(=O)C(=O)NCCC1CCOCC1. The molecule has 92 valence electrons. The standard InChI is InChI=1S/C11H19NO4/c1-2-16-11(14)10(13)12-6-3-9-4-7-15-8-5-9/h9H,2-8H2,1H3,(H,12,13). The molecule has 0 aliphatic carbocycles. The molecule has 5 nitrogen and oxygen atoms in total. The first-order valence-corrected chi connectivity index (χ1v) is 5.76. The van der Waals surface area contributed by atoms with E-state index in [-0.39, 0.29) is 6.61 Å². The van der Waals surface area contributed by atoms with Gasteiger partial charge in [0.1, 0.15) is 0 Å². The fourth-order valence-electron chi connectivity index (χ4n) is 1.69. The van der Waals surface area contributed by atoms with Gasteiger partial charge >= 0.3 is 11.9 Å². The van der Waals surface area contributed by atoms with Crippen LogP contribution < -0.4 is 5.32 Å². The highest BCUT2D eigenvalue weighted by Crippen LogP contribution is 2.17. The van der Waals surface area contributed by atoms with E-state index in [4.69, 9.17) is 4.74 Å². The third kappa shape index (κ3) is 4.61. The molecule has 1 aliphatic heterocycles. The molecular weight excluding hydrogens is 210 g/mol. The van der Waals surface area contributed by atoms with Crippen LogP contribution in [0.4, 0.5) is 0 Å². The van der Waals surface area contributed by atoms with Gasteiger partial charge in [-0.3, -0.25) is 4.79 Å². The maximum atomic E-state index is 11.2. The normalized spacial score (nSPS) is 16.8. The van der Waals surface area contributed by atoms with E-state index >= 15 is 0 Å². The Labute approximate surface area is 95.5 Å². The Balaban J connectivity index is 2.09. The molecule has 0 atom stereocenters. The van der Waals surface area contributed by atoms with Crippen LogP contribution in [-0.2, 0) is 19.1 Å². The lowest BCUT2D eigenvalue weighted by molar-refractivity contribution is -0.154. The summed E-state index contributed by atoms with van der Waals surface area (Å²) in [6.07, 6.45) is 2.97. The zero-order chi connectivity index (χ0) is 11.8. The second kappa shape index (κ2) is 7.22. The zero-order valence-corrected chi connectivity index (χ0v) is 9.66. The molecule has 1 fully saturated rings. The number of carbonyl (C=O) groups excluding carboxylic acids is 2. The zero-order valence-electron chi connectivity index (χ0n) is 9.66. The van der Waals surface area contributed by atoms with E-state index in [1.165, 1.54) is 0 Å². The molecule has 0 aromatic carbocycles. The first-order valence-electron chi connectivity index (χ1n) is 5.76. The largest absolute Gasteiger partial charge is 0.459 e. The van der Waals surface area contributed by atoms with Crippen LogP contribution in [0, 0.1) is 5.92 Å². The third-order valence-electron chi connectivity index (χ3n) is 2.64. The lowest BCUT2D eigenvalue weighted by atomic mass is 9.97. The number of hydrogen-bond acceptors (Lipinski definition) is 4. The van der Waals surface area contributed by atoms with Crippen molar-refractivity contribution in [3.05, 3.63) is 0 Å². The molecule has 5 heteroatoms. The Kier molecular flexibility index (Phi) is 5.85. The Morgan fingerprint density at radius 1 is 1.38 bits per heavy atom. The summed E-state index contributed by atoms with van der Waals surface area (Å²) in [7, 11) is 0. The van der Waals surface area contributed by atoms with Gasteiger partial charge in [-0.15, -0.1) is 0 Å². The van der Waals surface area contributed by atoms with Gasteiger partial charge in [0.15, 0.2) is 0 Å². The summed E-state index contributed by atoms with van der Waals surface area (Å²) >= 11 is 0. The van der Waals surface area contributed by atoms with Crippen LogP contribution in [0.2, 0.25) is 0 Å². The number of ether oxygens (including phenoxy) is 2. The van der Waals surface area contributed by atoms with Gasteiger partial charge in [0.05, 0.1) is 6.61 Å². The van der Waals surface area contributed by atoms with Gasteiger partial charge in [-0.05, 0) is 32.1 Å². The van der Waals surface area contributed by atoms with Crippen LogP contribution >= 0.6 is 0 Å². The summed E-state index contributed by atoms with van der Waals surface area (Å²) in [5, 5.41) is 2.56. The Hall–Kier alpha value is -1.10. The van der Waals surface area contributed by atoms with Crippen molar-refractivity contribution in [3.8, 4) is 0 Å². The predicted octanol–water partition coefficient (Wildman–Crippen LogP) is 0.482. The molecule has 0 bridgehead atoms. The minimum Gasteiger partial charge on any atom is -0.459 e. The highest BCUT2D eigenvalue weighted by molar-refractivity contribution is 6.32. The molecule has 1 saturated heterocycles. The van der Waals surface area contributed by atoms with Gasteiger partial charge in [-0.25, -0.2) is 4.79 Å². The first kappa shape index (κ1) is 13.0. The molecule has 1 rings (SSSR count). The molecule has 1 aliphatic rings. The first-order chi connectivity index (χ1) is 7.74. The summed E-state index contributed by atoms with van der Waals surface area (Å²) < 4.78 is 9.81. The van der Waals surface area contributed by atoms with Crippen molar-refractivity contribution < 1.29 is 19.1 Å². The summed E-state index contributed by atoms with van der Waals surface area (Å²) in [6.45, 7) is 4.04. The van der Waals surface area contributed by atoms with Gasteiger partial charge in [-0.1, -0.05) is 0 Å². The van der Waals surface area contributed by atoms with Crippen LogP contribution in [0.5, 0.6) is 0 Å². The van der Waals surface area contributed by atoms with Gasteiger partial charge in [0, 0.05) is 19.8 Å². The van der Waals surface area contributed by atoms with E-state index in [2.05, 4.69) is 10.1 Å². The molecule has 0 aromatic rings. The number of amides is 1. The second-order valence-corrected chi connectivity index (χ2v) is 3.82.